The zero-order valence-electron chi connectivity index (χ0n) is 10.6. The Balaban J connectivity index is 1.96. The van der Waals surface area contributed by atoms with Crippen molar-refractivity contribution in [2.45, 2.75) is 51.4 Å². The lowest BCUT2D eigenvalue weighted by atomic mass is 9.90. The molecule has 0 aliphatic heterocycles. The monoisotopic (exact) mass is 270 g/mol. The van der Waals surface area contributed by atoms with Gasteiger partial charge >= 0.3 is 0 Å². The van der Waals surface area contributed by atoms with E-state index in [0.29, 0.717) is 5.92 Å². The van der Waals surface area contributed by atoms with E-state index < -0.39 is 0 Å². The topological polar surface area (TPSA) is 38.9 Å². The van der Waals surface area contributed by atoms with Crippen LogP contribution in [0.15, 0.2) is 0 Å². The van der Waals surface area contributed by atoms with Crippen molar-refractivity contribution in [3.8, 4) is 0 Å². The summed E-state index contributed by atoms with van der Waals surface area (Å²) >= 11 is 3.70. The lowest BCUT2D eigenvalue weighted by Gasteiger charge is -2.18. The molecule has 1 aromatic heterocycles. The van der Waals surface area contributed by atoms with Crippen LogP contribution in [-0.2, 0) is 6.42 Å². The number of aromatic nitrogens is 1. The number of hydrogen-bond acceptors (Lipinski definition) is 4. The van der Waals surface area contributed by atoms with Crippen LogP contribution in [0.25, 0.3) is 0 Å². The number of thioether (sulfide) groups is 1. The number of rotatable bonds is 5. The molecule has 4 heteroatoms. The fraction of sp³-hybridized carbons (Fsp3) is 0.769. The molecule has 96 valence electrons. The van der Waals surface area contributed by atoms with Crippen molar-refractivity contribution in [3.63, 3.8) is 0 Å². The van der Waals surface area contributed by atoms with E-state index in [1.54, 1.807) is 11.3 Å². The molecule has 1 aromatic rings. The second-order valence-corrected chi connectivity index (χ2v) is 7.10. The smallest absolute Gasteiger partial charge is 0.109 e. The third kappa shape index (κ3) is 3.62. The van der Waals surface area contributed by atoms with Gasteiger partial charge in [-0.2, -0.15) is 11.8 Å². The molecule has 0 amide bonds. The third-order valence-electron chi connectivity index (χ3n) is 3.39. The fourth-order valence-electron chi connectivity index (χ4n) is 2.40. The summed E-state index contributed by atoms with van der Waals surface area (Å²) in [5.41, 5.74) is 7.23. The van der Waals surface area contributed by atoms with Gasteiger partial charge in [-0.25, -0.2) is 4.98 Å². The number of aryl methyl sites for hydroxylation is 1. The standard InChI is InChI=1S/C13H22N2S2/c1-2-16-9-8-11-12(14)17-13(15-11)10-6-4-3-5-7-10/h10H,2-9,14H2,1H3. The molecule has 0 radical (unpaired) electrons. The largest absolute Gasteiger partial charge is 0.389 e. The summed E-state index contributed by atoms with van der Waals surface area (Å²) in [7, 11) is 0. The molecule has 0 atom stereocenters. The van der Waals surface area contributed by atoms with Crippen molar-refractivity contribution in [2.75, 3.05) is 17.2 Å². The van der Waals surface area contributed by atoms with Gasteiger partial charge in [-0.15, -0.1) is 11.3 Å². The minimum atomic E-state index is 0.698. The van der Waals surface area contributed by atoms with Gasteiger partial charge in [0.05, 0.1) is 10.7 Å². The summed E-state index contributed by atoms with van der Waals surface area (Å²) in [6, 6.07) is 0. The number of nitrogen functional groups attached to an aromatic ring is 1. The Morgan fingerprint density at radius 1 is 1.35 bits per heavy atom. The summed E-state index contributed by atoms with van der Waals surface area (Å²) in [4.78, 5) is 4.79. The van der Waals surface area contributed by atoms with E-state index in [9.17, 15) is 0 Å². The fourth-order valence-corrected chi connectivity index (χ4v) is 4.07. The van der Waals surface area contributed by atoms with Gasteiger partial charge in [-0.1, -0.05) is 26.2 Å². The van der Waals surface area contributed by atoms with Crippen LogP contribution in [0.3, 0.4) is 0 Å². The number of anilines is 1. The van der Waals surface area contributed by atoms with Gasteiger partial charge in [0, 0.05) is 12.3 Å². The Morgan fingerprint density at radius 2 is 2.12 bits per heavy atom. The highest BCUT2D eigenvalue weighted by molar-refractivity contribution is 7.99. The molecular formula is C13H22N2S2. The van der Waals surface area contributed by atoms with Crippen molar-refractivity contribution >= 4 is 28.1 Å². The van der Waals surface area contributed by atoms with Crippen molar-refractivity contribution in [2.24, 2.45) is 0 Å². The van der Waals surface area contributed by atoms with Crippen molar-refractivity contribution < 1.29 is 0 Å². The van der Waals surface area contributed by atoms with Crippen LogP contribution >= 0.6 is 23.1 Å². The molecule has 1 fully saturated rings. The molecule has 1 aliphatic carbocycles. The first-order valence-corrected chi connectivity index (χ1v) is 8.61. The number of nitrogens with zero attached hydrogens (tertiary/aromatic N) is 1. The molecule has 1 saturated carbocycles. The maximum Gasteiger partial charge on any atom is 0.109 e. The zero-order chi connectivity index (χ0) is 12.1. The Kier molecular flexibility index (Phi) is 5.16. The van der Waals surface area contributed by atoms with Crippen LogP contribution in [0.5, 0.6) is 0 Å². The number of hydrogen-bond donors (Lipinski definition) is 1. The number of thiazole rings is 1. The average Bonchev–Trinajstić information content (AvgIpc) is 2.73. The number of nitrogens with two attached hydrogens (primary N) is 1. The SMILES string of the molecule is CCSCCc1nc(C2CCCCC2)sc1N. The molecule has 2 N–H and O–H groups in total. The summed E-state index contributed by atoms with van der Waals surface area (Å²) in [5.74, 6) is 3.03. The summed E-state index contributed by atoms with van der Waals surface area (Å²) in [6.07, 6.45) is 7.80. The van der Waals surface area contributed by atoms with E-state index in [-0.39, 0.29) is 0 Å². The van der Waals surface area contributed by atoms with Crippen molar-refractivity contribution in [1.29, 1.82) is 0 Å². The minimum Gasteiger partial charge on any atom is -0.389 e. The highest BCUT2D eigenvalue weighted by Crippen LogP contribution is 2.37. The maximum absolute atomic E-state index is 6.08. The summed E-state index contributed by atoms with van der Waals surface area (Å²) < 4.78 is 0. The summed E-state index contributed by atoms with van der Waals surface area (Å²) in [5, 5.41) is 2.26. The van der Waals surface area contributed by atoms with Crippen LogP contribution in [-0.4, -0.2) is 16.5 Å². The van der Waals surface area contributed by atoms with Crippen LogP contribution < -0.4 is 5.73 Å². The van der Waals surface area contributed by atoms with Crippen LogP contribution in [0.2, 0.25) is 0 Å². The lowest BCUT2D eigenvalue weighted by molar-refractivity contribution is 0.442. The first-order valence-electron chi connectivity index (χ1n) is 6.64. The quantitative estimate of drug-likeness (QED) is 0.820. The molecule has 17 heavy (non-hydrogen) atoms. The lowest BCUT2D eigenvalue weighted by Crippen LogP contribution is -2.04. The molecule has 1 aliphatic rings. The highest BCUT2D eigenvalue weighted by Gasteiger charge is 2.20. The van der Waals surface area contributed by atoms with Gasteiger partial charge in [0.1, 0.15) is 5.00 Å². The molecule has 0 bridgehead atoms. The van der Waals surface area contributed by atoms with Gasteiger partial charge in [0.2, 0.25) is 0 Å². The van der Waals surface area contributed by atoms with E-state index in [2.05, 4.69) is 6.92 Å². The van der Waals surface area contributed by atoms with Gasteiger partial charge in [0.15, 0.2) is 0 Å². The molecule has 2 rings (SSSR count). The third-order valence-corrected chi connectivity index (χ3v) is 5.38. The van der Waals surface area contributed by atoms with Crippen LogP contribution in [0.4, 0.5) is 5.00 Å². The molecule has 0 aromatic carbocycles. The van der Waals surface area contributed by atoms with Crippen molar-refractivity contribution in [1.82, 2.24) is 4.98 Å². The van der Waals surface area contributed by atoms with E-state index in [4.69, 9.17) is 10.7 Å². The molecule has 2 nitrogen and oxygen atoms in total. The predicted molar refractivity (Wildman–Crippen MR) is 79.1 cm³/mol. The first kappa shape index (κ1) is 13.2. The van der Waals surface area contributed by atoms with Crippen molar-refractivity contribution in [3.05, 3.63) is 10.7 Å². The molecule has 0 saturated heterocycles. The molecule has 0 spiro atoms. The Labute approximate surface area is 112 Å². The Bertz CT molecular complexity index is 343. The molecule has 1 heterocycles. The van der Waals surface area contributed by atoms with E-state index in [1.165, 1.54) is 42.9 Å². The second-order valence-electron chi connectivity index (χ2n) is 4.64. The van der Waals surface area contributed by atoms with Gasteiger partial charge in [0.25, 0.3) is 0 Å². The van der Waals surface area contributed by atoms with Gasteiger partial charge < -0.3 is 5.73 Å². The first-order chi connectivity index (χ1) is 8.31. The van der Waals surface area contributed by atoms with E-state index in [0.717, 1.165) is 22.9 Å². The Morgan fingerprint density at radius 3 is 2.82 bits per heavy atom. The Hall–Kier alpha value is -0.220. The van der Waals surface area contributed by atoms with Gasteiger partial charge in [-0.05, 0) is 24.3 Å². The van der Waals surface area contributed by atoms with Crippen LogP contribution in [0, 0.1) is 0 Å². The van der Waals surface area contributed by atoms with E-state index >= 15 is 0 Å². The maximum atomic E-state index is 6.08. The van der Waals surface area contributed by atoms with Gasteiger partial charge in [-0.3, -0.25) is 0 Å². The van der Waals surface area contributed by atoms with E-state index in [1.807, 2.05) is 11.8 Å². The average molecular weight is 270 g/mol. The zero-order valence-corrected chi connectivity index (χ0v) is 12.2. The normalized spacial score (nSPS) is 17.5. The molecule has 0 unspecified atom stereocenters. The molecular weight excluding hydrogens is 248 g/mol. The second kappa shape index (κ2) is 6.64. The summed E-state index contributed by atoms with van der Waals surface area (Å²) in [6.45, 7) is 2.20. The highest BCUT2D eigenvalue weighted by atomic mass is 32.2. The van der Waals surface area contributed by atoms with Crippen LogP contribution in [0.1, 0.15) is 55.6 Å². The predicted octanol–water partition coefficient (Wildman–Crippen LogP) is 4.07. The minimum absolute atomic E-state index is 0.698.